The lowest BCUT2D eigenvalue weighted by atomic mass is 9.90. The Morgan fingerprint density at radius 1 is 1.20 bits per heavy atom. The highest BCUT2D eigenvalue weighted by atomic mass is 32.1. The van der Waals surface area contributed by atoms with Crippen LogP contribution in [0.15, 0.2) is 36.5 Å². The van der Waals surface area contributed by atoms with E-state index in [0.29, 0.717) is 5.92 Å². The van der Waals surface area contributed by atoms with Crippen molar-refractivity contribution in [2.45, 2.75) is 44.7 Å². The standard InChI is InChI=1S/C27H35N5O2S/c1-18-6-3-4-7-20(18)24-25-22(9-12-29-24)35-26(31-25)21-8-5-15-32(21)27(33)23(30-14-13-28-2)19-10-16-34-17-11-19/h3-4,6-7,9,12,19,21,23,28,30H,5,8,10-11,13-17H2,1-2H3/t21-,23-/m0/s1. The number of ether oxygens (including phenoxy) is 1. The zero-order valence-electron chi connectivity index (χ0n) is 20.6. The van der Waals surface area contributed by atoms with E-state index in [0.717, 1.165) is 85.0 Å². The summed E-state index contributed by atoms with van der Waals surface area (Å²) in [6.07, 6.45) is 5.68. The van der Waals surface area contributed by atoms with Crippen LogP contribution in [0, 0.1) is 12.8 Å². The second-order valence-electron chi connectivity index (χ2n) is 9.55. The number of pyridine rings is 1. The predicted octanol–water partition coefficient (Wildman–Crippen LogP) is 3.93. The van der Waals surface area contributed by atoms with Gasteiger partial charge in [-0.2, -0.15) is 0 Å². The zero-order valence-corrected chi connectivity index (χ0v) is 21.4. The summed E-state index contributed by atoms with van der Waals surface area (Å²) in [5.41, 5.74) is 4.16. The number of carbonyl (C=O) groups excluding carboxylic acids is 1. The highest BCUT2D eigenvalue weighted by Gasteiger charge is 2.39. The highest BCUT2D eigenvalue weighted by molar-refractivity contribution is 7.18. The Morgan fingerprint density at radius 3 is 2.83 bits per heavy atom. The van der Waals surface area contributed by atoms with Gasteiger partial charge in [-0.25, -0.2) is 4.98 Å². The summed E-state index contributed by atoms with van der Waals surface area (Å²) >= 11 is 1.70. The van der Waals surface area contributed by atoms with E-state index in [9.17, 15) is 4.79 Å². The average molecular weight is 494 g/mol. The lowest BCUT2D eigenvalue weighted by Crippen LogP contribution is -2.52. The van der Waals surface area contributed by atoms with Gasteiger partial charge in [0.2, 0.25) is 5.91 Å². The van der Waals surface area contributed by atoms with Crippen molar-refractivity contribution in [1.29, 1.82) is 0 Å². The van der Waals surface area contributed by atoms with Crippen molar-refractivity contribution in [3.05, 3.63) is 47.1 Å². The smallest absolute Gasteiger partial charge is 0.240 e. The van der Waals surface area contributed by atoms with E-state index in [1.165, 1.54) is 5.56 Å². The van der Waals surface area contributed by atoms with E-state index in [4.69, 9.17) is 14.7 Å². The van der Waals surface area contributed by atoms with Gasteiger partial charge in [-0.15, -0.1) is 11.3 Å². The molecule has 186 valence electrons. The molecule has 1 aromatic carbocycles. The number of hydrogen-bond donors (Lipinski definition) is 2. The molecule has 0 saturated carbocycles. The zero-order chi connectivity index (χ0) is 24.2. The molecule has 0 bridgehead atoms. The fraction of sp³-hybridized carbons (Fsp3) is 0.519. The third-order valence-electron chi connectivity index (χ3n) is 7.29. The maximum atomic E-state index is 13.9. The van der Waals surface area contributed by atoms with Crippen LogP contribution < -0.4 is 10.6 Å². The van der Waals surface area contributed by atoms with Crippen LogP contribution in [0.4, 0.5) is 0 Å². The first-order valence-corrected chi connectivity index (χ1v) is 13.6. The molecular formula is C27H35N5O2S. The van der Waals surface area contributed by atoms with Gasteiger partial charge in [0.05, 0.1) is 22.5 Å². The molecule has 3 aromatic rings. The number of aromatic nitrogens is 2. The average Bonchev–Trinajstić information content (AvgIpc) is 3.54. The summed E-state index contributed by atoms with van der Waals surface area (Å²) in [6, 6.07) is 10.2. The minimum Gasteiger partial charge on any atom is -0.381 e. The number of nitrogens with zero attached hydrogens (tertiary/aromatic N) is 3. The molecule has 35 heavy (non-hydrogen) atoms. The first-order valence-electron chi connectivity index (χ1n) is 12.7. The van der Waals surface area contributed by atoms with Crippen molar-refractivity contribution in [2.75, 3.05) is 39.9 Å². The Labute approximate surface area is 211 Å². The number of fused-ring (bicyclic) bond motifs is 1. The van der Waals surface area contributed by atoms with Crippen molar-refractivity contribution < 1.29 is 9.53 Å². The number of nitrogens with one attached hydrogen (secondary N) is 2. The first kappa shape index (κ1) is 24.3. The summed E-state index contributed by atoms with van der Waals surface area (Å²) in [6.45, 7) is 5.97. The van der Waals surface area contributed by atoms with Gasteiger partial charge in [-0.05, 0) is 57.2 Å². The summed E-state index contributed by atoms with van der Waals surface area (Å²) < 4.78 is 6.71. The van der Waals surface area contributed by atoms with Gasteiger partial charge in [-0.1, -0.05) is 24.3 Å². The molecule has 5 rings (SSSR count). The Morgan fingerprint density at radius 2 is 2.03 bits per heavy atom. The number of amides is 1. The van der Waals surface area contributed by atoms with Crippen LogP contribution in [0.2, 0.25) is 0 Å². The van der Waals surface area contributed by atoms with Crippen LogP contribution in [-0.2, 0) is 9.53 Å². The molecule has 2 aliphatic heterocycles. The van der Waals surface area contributed by atoms with Crippen molar-refractivity contribution >= 4 is 27.5 Å². The van der Waals surface area contributed by atoms with E-state index >= 15 is 0 Å². The number of benzene rings is 1. The van der Waals surface area contributed by atoms with Gasteiger partial charge in [-0.3, -0.25) is 9.78 Å². The molecule has 0 unspecified atom stereocenters. The van der Waals surface area contributed by atoms with Crippen molar-refractivity contribution in [3.63, 3.8) is 0 Å². The summed E-state index contributed by atoms with van der Waals surface area (Å²) in [4.78, 5) is 25.8. The van der Waals surface area contributed by atoms with Gasteiger partial charge >= 0.3 is 0 Å². The van der Waals surface area contributed by atoms with E-state index in [2.05, 4.69) is 34.6 Å². The lowest BCUT2D eigenvalue weighted by Gasteiger charge is -2.34. The lowest BCUT2D eigenvalue weighted by molar-refractivity contribution is -0.136. The van der Waals surface area contributed by atoms with E-state index in [1.807, 2.05) is 31.4 Å². The van der Waals surface area contributed by atoms with Gasteiger partial charge in [0.1, 0.15) is 10.5 Å². The maximum absolute atomic E-state index is 13.9. The second kappa shape index (κ2) is 11.1. The number of aryl methyl sites for hydroxylation is 1. The molecule has 4 heterocycles. The van der Waals surface area contributed by atoms with Crippen molar-refractivity contribution in [2.24, 2.45) is 5.92 Å². The van der Waals surface area contributed by atoms with Crippen molar-refractivity contribution in [1.82, 2.24) is 25.5 Å². The monoisotopic (exact) mass is 493 g/mol. The van der Waals surface area contributed by atoms with Crippen molar-refractivity contribution in [3.8, 4) is 11.3 Å². The SMILES string of the molecule is CNCCN[C@H](C(=O)N1CCC[C@H]1c1nc2c(-c3ccccc3C)nccc2s1)C1CCOCC1. The predicted molar refractivity (Wildman–Crippen MR) is 141 cm³/mol. The fourth-order valence-corrected chi connectivity index (χ4v) is 6.49. The van der Waals surface area contributed by atoms with Gasteiger partial charge in [0.25, 0.3) is 0 Å². The number of likely N-dealkylation sites (tertiary alicyclic amines) is 1. The molecule has 2 N–H and O–H groups in total. The molecule has 1 amide bonds. The fourth-order valence-electron chi connectivity index (χ4n) is 5.37. The molecular weight excluding hydrogens is 458 g/mol. The minimum absolute atomic E-state index is 0.0260. The summed E-state index contributed by atoms with van der Waals surface area (Å²) in [7, 11) is 1.94. The van der Waals surface area contributed by atoms with Crippen LogP contribution in [0.3, 0.4) is 0 Å². The van der Waals surface area contributed by atoms with E-state index in [-0.39, 0.29) is 18.0 Å². The third kappa shape index (κ3) is 5.11. The Hall–Kier alpha value is -2.39. The Bertz CT molecular complexity index is 1160. The topological polar surface area (TPSA) is 79.4 Å². The first-order chi connectivity index (χ1) is 17.2. The summed E-state index contributed by atoms with van der Waals surface area (Å²) in [5, 5.41) is 7.77. The van der Waals surface area contributed by atoms with Crippen LogP contribution in [0.25, 0.3) is 21.5 Å². The van der Waals surface area contributed by atoms with Gasteiger partial charge in [0.15, 0.2) is 0 Å². The largest absolute Gasteiger partial charge is 0.381 e. The highest BCUT2D eigenvalue weighted by Crippen LogP contribution is 2.39. The molecule has 2 aromatic heterocycles. The quantitative estimate of drug-likeness (QED) is 0.463. The normalized spacial score (nSPS) is 19.9. The molecule has 7 nitrogen and oxygen atoms in total. The number of likely N-dealkylation sites (N-methyl/N-ethyl adjacent to an activating group) is 1. The number of rotatable bonds is 8. The number of thiazole rings is 1. The number of carbonyl (C=O) groups is 1. The van der Waals surface area contributed by atoms with Gasteiger partial charge < -0.3 is 20.3 Å². The molecule has 2 atom stereocenters. The van der Waals surface area contributed by atoms with E-state index in [1.54, 1.807) is 11.3 Å². The number of hydrogen-bond acceptors (Lipinski definition) is 7. The van der Waals surface area contributed by atoms with Gasteiger partial charge in [0, 0.05) is 44.6 Å². The molecule has 2 saturated heterocycles. The van der Waals surface area contributed by atoms with Crippen LogP contribution in [0.1, 0.15) is 42.3 Å². The molecule has 0 radical (unpaired) electrons. The Kier molecular flexibility index (Phi) is 7.72. The Balaban J connectivity index is 1.43. The molecule has 0 spiro atoms. The minimum atomic E-state index is -0.175. The summed E-state index contributed by atoms with van der Waals surface area (Å²) in [5.74, 6) is 0.522. The molecule has 2 fully saturated rings. The maximum Gasteiger partial charge on any atom is 0.240 e. The molecule has 2 aliphatic rings. The third-order valence-corrected chi connectivity index (χ3v) is 8.41. The van der Waals surface area contributed by atoms with Crippen LogP contribution in [0.5, 0.6) is 0 Å². The van der Waals surface area contributed by atoms with Crippen LogP contribution >= 0.6 is 11.3 Å². The van der Waals surface area contributed by atoms with E-state index < -0.39 is 0 Å². The van der Waals surface area contributed by atoms with Crippen LogP contribution in [-0.4, -0.2) is 66.7 Å². The molecule has 8 heteroatoms. The molecule has 0 aliphatic carbocycles. The second-order valence-corrected chi connectivity index (χ2v) is 10.6.